The third kappa shape index (κ3) is 3.88. The first-order valence-corrected chi connectivity index (χ1v) is 13.3. The molecule has 164 valence electrons. The Kier molecular flexibility index (Phi) is 5.32. The number of benzene rings is 1. The monoisotopic (exact) mass is 478 g/mol. The van der Waals surface area contributed by atoms with E-state index in [1.807, 2.05) is 46.8 Å². The molecule has 0 spiro atoms. The number of para-hydroxylation sites is 1. The molecule has 4 heterocycles. The number of hydrogen-bond acceptors (Lipinski definition) is 6. The second kappa shape index (κ2) is 7.88. The van der Waals surface area contributed by atoms with Crippen molar-refractivity contribution in [2.24, 2.45) is 0 Å². The van der Waals surface area contributed by atoms with E-state index < -0.39 is 9.84 Å². The Morgan fingerprint density at radius 3 is 2.61 bits per heavy atom. The van der Waals surface area contributed by atoms with Crippen LogP contribution in [0.25, 0.3) is 15.9 Å². The molecule has 1 amide bonds. The highest BCUT2D eigenvalue weighted by Crippen LogP contribution is 2.33. The van der Waals surface area contributed by atoms with Gasteiger partial charge in [-0.05, 0) is 31.5 Å². The highest BCUT2D eigenvalue weighted by Gasteiger charge is 2.34. The number of fused-ring (bicyclic) bond motifs is 1. The molecule has 0 N–H and O–H groups in total. The number of halogens is 1. The Hall–Kier alpha value is -1.94. The highest BCUT2D eigenvalue weighted by atomic mass is 35.5. The lowest BCUT2D eigenvalue weighted by Gasteiger charge is -2.37. The maximum atomic E-state index is 13.2. The zero-order chi connectivity index (χ0) is 21.8. The number of sulfone groups is 1. The third-order valence-corrected chi connectivity index (χ3v) is 9.33. The van der Waals surface area contributed by atoms with Crippen LogP contribution in [0.4, 0.5) is 0 Å². The predicted molar refractivity (Wildman–Crippen MR) is 123 cm³/mol. The van der Waals surface area contributed by atoms with Crippen LogP contribution >= 0.6 is 22.9 Å². The molecule has 7 nitrogen and oxygen atoms in total. The summed E-state index contributed by atoms with van der Waals surface area (Å²) in [6.07, 6.45) is 0.699. The van der Waals surface area contributed by atoms with Crippen LogP contribution in [0.3, 0.4) is 0 Å². The lowest BCUT2D eigenvalue weighted by Crippen LogP contribution is -2.52. The smallest absolute Gasteiger partial charge is 0.264 e. The summed E-state index contributed by atoms with van der Waals surface area (Å²) in [5, 5.41) is 6.19. The zero-order valence-electron chi connectivity index (χ0n) is 17.1. The fourth-order valence-corrected chi connectivity index (χ4v) is 7.57. The van der Waals surface area contributed by atoms with Gasteiger partial charge in [0.05, 0.1) is 32.8 Å². The molecule has 5 rings (SSSR count). The van der Waals surface area contributed by atoms with Crippen LogP contribution in [0, 0.1) is 6.92 Å². The van der Waals surface area contributed by atoms with Gasteiger partial charge in [-0.25, -0.2) is 13.1 Å². The Bertz CT molecular complexity index is 1260. The van der Waals surface area contributed by atoms with Gasteiger partial charge in [-0.1, -0.05) is 23.7 Å². The fraction of sp³-hybridized carbons (Fsp3) is 0.429. The summed E-state index contributed by atoms with van der Waals surface area (Å²) in [6.45, 7) is 4.58. The van der Waals surface area contributed by atoms with E-state index in [4.69, 9.17) is 11.6 Å². The second-order valence-corrected chi connectivity index (χ2v) is 11.8. The number of rotatable bonds is 3. The van der Waals surface area contributed by atoms with Crippen LogP contribution in [0.1, 0.15) is 21.8 Å². The molecule has 3 aromatic rings. The average Bonchev–Trinajstić information content (AvgIpc) is 3.43. The Labute approximate surface area is 190 Å². The third-order valence-electron chi connectivity index (χ3n) is 6.16. The Morgan fingerprint density at radius 2 is 1.94 bits per heavy atom. The molecule has 2 aliphatic heterocycles. The molecule has 0 unspecified atom stereocenters. The minimum Gasteiger partial charge on any atom is -0.335 e. The second-order valence-electron chi connectivity index (χ2n) is 8.16. The van der Waals surface area contributed by atoms with Gasteiger partial charge < -0.3 is 4.90 Å². The number of piperazine rings is 1. The van der Waals surface area contributed by atoms with Crippen molar-refractivity contribution in [3.05, 3.63) is 45.9 Å². The van der Waals surface area contributed by atoms with E-state index in [0.717, 1.165) is 21.6 Å². The van der Waals surface area contributed by atoms with E-state index in [2.05, 4.69) is 10.00 Å². The molecule has 2 aromatic heterocycles. The van der Waals surface area contributed by atoms with Gasteiger partial charge in [-0.15, -0.1) is 11.3 Å². The quantitative estimate of drug-likeness (QED) is 0.578. The van der Waals surface area contributed by atoms with Crippen molar-refractivity contribution < 1.29 is 13.2 Å². The van der Waals surface area contributed by atoms with Crippen LogP contribution < -0.4 is 0 Å². The predicted octanol–water partition coefficient (Wildman–Crippen LogP) is 2.99. The summed E-state index contributed by atoms with van der Waals surface area (Å²) in [7, 11) is -2.90. The molecule has 2 saturated heterocycles. The normalized spacial score (nSPS) is 21.7. The minimum atomic E-state index is -2.90. The number of nitrogens with zero attached hydrogens (tertiary/aromatic N) is 4. The number of amides is 1. The number of hydrogen-bond donors (Lipinski definition) is 0. The first kappa shape index (κ1) is 20.9. The zero-order valence-corrected chi connectivity index (χ0v) is 19.5. The summed E-state index contributed by atoms with van der Waals surface area (Å²) in [5.74, 6) is 0.542. The van der Waals surface area contributed by atoms with Gasteiger partial charge in [0.15, 0.2) is 9.84 Å². The number of carbonyl (C=O) groups is 1. The average molecular weight is 479 g/mol. The van der Waals surface area contributed by atoms with E-state index >= 15 is 0 Å². The number of carbonyl (C=O) groups excluding carboxylic acids is 1. The van der Waals surface area contributed by atoms with Gasteiger partial charge in [0, 0.05) is 37.6 Å². The van der Waals surface area contributed by atoms with Crippen molar-refractivity contribution in [1.82, 2.24) is 19.6 Å². The number of thiophene rings is 1. The lowest BCUT2D eigenvalue weighted by atomic mass is 10.2. The maximum absolute atomic E-state index is 13.2. The van der Waals surface area contributed by atoms with Crippen molar-refractivity contribution in [3.63, 3.8) is 0 Å². The van der Waals surface area contributed by atoms with Crippen LogP contribution in [0.5, 0.6) is 0 Å². The summed E-state index contributed by atoms with van der Waals surface area (Å²) < 4.78 is 25.4. The van der Waals surface area contributed by atoms with Gasteiger partial charge in [0.1, 0.15) is 4.83 Å². The summed E-state index contributed by atoms with van der Waals surface area (Å²) in [6, 6.07) is 9.55. The van der Waals surface area contributed by atoms with Gasteiger partial charge >= 0.3 is 0 Å². The van der Waals surface area contributed by atoms with E-state index in [1.54, 1.807) is 0 Å². The minimum absolute atomic E-state index is 0.0185. The van der Waals surface area contributed by atoms with Gasteiger partial charge in [-0.3, -0.25) is 9.69 Å². The molecular formula is C21H23ClN4O3S2. The fourth-order valence-electron chi connectivity index (χ4n) is 4.45. The lowest BCUT2D eigenvalue weighted by molar-refractivity contribution is 0.0592. The molecule has 0 saturated carbocycles. The SMILES string of the molecule is Cc1nn(-c2ccccc2Cl)c2sc(C(=O)N3CCN([C@@H]4CCS(=O)(=O)C4)CC3)cc12. The molecular weight excluding hydrogens is 456 g/mol. The van der Waals surface area contributed by atoms with Crippen molar-refractivity contribution in [2.45, 2.75) is 19.4 Å². The number of aryl methyl sites for hydroxylation is 1. The molecule has 2 aliphatic rings. The largest absolute Gasteiger partial charge is 0.335 e. The summed E-state index contributed by atoms with van der Waals surface area (Å²) in [4.78, 5) is 18.9. The van der Waals surface area contributed by atoms with Crippen LogP contribution in [-0.4, -0.2) is 77.6 Å². The van der Waals surface area contributed by atoms with Gasteiger partial charge in [-0.2, -0.15) is 5.10 Å². The topological polar surface area (TPSA) is 75.5 Å². The Morgan fingerprint density at radius 1 is 1.19 bits per heavy atom. The van der Waals surface area contributed by atoms with E-state index in [1.165, 1.54) is 11.3 Å². The molecule has 0 bridgehead atoms. The van der Waals surface area contributed by atoms with Crippen molar-refractivity contribution in [3.8, 4) is 5.69 Å². The molecule has 2 fully saturated rings. The highest BCUT2D eigenvalue weighted by molar-refractivity contribution is 7.91. The molecule has 1 aromatic carbocycles. The molecule has 10 heteroatoms. The summed E-state index contributed by atoms with van der Waals surface area (Å²) in [5.41, 5.74) is 1.65. The Balaban J connectivity index is 1.34. The molecule has 0 radical (unpaired) electrons. The van der Waals surface area contributed by atoms with Gasteiger partial charge in [0.25, 0.3) is 5.91 Å². The van der Waals surface area contributed by atoms with Crippen molar-refractivity contribution in [2.75, 3.05) is 37.7 Å². The van der Waals surface area contributed by atoms with E-state index in [9.17, 15) is 13.2 Å². The van der Waals surface area contributed by atoms with Gasteiger partial charge in [0.2, 0.25) is 0 Å². The first-order valence-electron chi connectivity index (χ1n) is 10.3. The van der Waals surface area contributed by atoms with Crippen LogP contribution in [0.15, 0.2) is 30.3 Å². The molecule has 1 atom stereocenters. The maximum Gasteiger partial charge on any atom is 0.264 e. The van der Waals surface area contributed by atoms with Crippen molar-refractivity contribution >= 4 is 48.9 Å². The van der Waals surface area contributed by atoms with E-state index in [-0.39, 0.29) is 23.5 Å². The first-order chi connectivity index (χ1) is 14.8. The molecule has 31 heavy (non-hydrogen) atoms. The van der Waals surface area contributed by atoms with E-state index in [0.29, 0.717) is 42.5 Å². The van der Waals surface area contributed by atoms with Crippen LogP contribution in [0.2, 0.25) is 5.02 Å². The van der Waals surface area contributed by atoms with Crippen LogP contribution in [-0.2, 0) is 9.84 Å². The number of aromatic nitrogens is 2. The summed E-state index contributed by atoms with van der Waals surface area (Å²) >= 11 is 7.80. The standard InChI is InChI=1S/C21H23ClN4O3S2/c1-14-16-12-19(30-21(16)26(23-14)18-5-3-2-4-17(18)22)20(27)25-9-7-24(8-10-25)15-6-11-31(28,29)13-15/h2-5,12,15H,6-11,13H2,1H3/t15-/m1/s1. The van der Waals surface area contributed by atoms with Crippen molar-refractivity contribution in [1.29, 1.82) is 0 Å². The molecule has 0 aliphatic carbocycles.